The second-order valence-electron chi connectivity index (χ2n) is 4.44. The topological polar surface area (TPSA) is 0 Å². The van der Waals surface area contributed by atoms with E-state index in [1.165, 1.54) is 37.7 Å². The van der Waals surface area contributed by atoms with Crippen molar-refractivity contribution in [1.29, 1.82) is 0 Å². The van der Waals surface area contributed by atoms with Gasteiger partial charge in [-0.2, -0.15) is 0 Å². The van der Waals surface area contributed by atoms with Crippen LogP contribution in [-0.2, 0) is 6.42 Å². The molecule has 1 saturated carbocycles. The summed E-state index contributed by atoms with van der Waals surface area (Å²) in [5.41, 5.74) is 1.30. The molecule has 0 unspecified atom stereocenters. The van der Waals surface area contributed by atoms with Crippen molar-refractivity contribution in [2.45, 2.75) is 38.5 Å². The first-order valence-corrected chi connectivity index (χ1v) is 6.87. The van der Waals surface area contributed by atoms with Crippen molar-refractivity contribution in [3.8, 4) is 0 Å². The summed E-state index contributed by atoms with van der Waals surface area (Å²) < 4.78 is 1.14. The summed E-state index contributed by atoms with van der Waals surface area (Å²) in [4.78, 5) is 0. The molecule has 1 aliphatic rings. The van der Waals surface area contributed by atoms with Gasteiger partial charge in [0.1, 0.15) is 0 Å². The second kappa shape index (κ2) is 5.36. The number of halogens is 2. The van der Waals surface area contributed by atoms with E-state index < -0.39 is 0 Å². The maximum atomic E-state index is 6.19. The van der Waals surface area contributed by atoms with E-state index in [0.717, 1.165) is 21.8 Å². The van der Waals surface area contributed by atoms with E-state index in [1.54, 1.807) is 0 Å². The Labute approximate surface area is 105 Å². The largest absolute Gasteiger partial charge is 0.0840 e. The Kier molecular flexibility index (Phi) is 4.10. The Hall–Kier alpha value is -0.0100. The van der Waals surface area contributed by atoms with E-state index in [2.05, 4.69) is 22.0 Å². The van der Waals surface area contributed by atoms with Crippen LogP contribution in [0.1, 0.15) is 37.7 Å². The molecule has 0 amide bonds. The van der Waals surface area contributed by atoms with E-state index in [1.807, 2.05) is 12.1 Å². The summed E-state index contributed by atoms with van der Waals surface area (Å²) in [6, 6.07) is 6.16. The van der Waals surface area contributed by atoms with Crippen molar-refractivity contribution in [2.24, 2.45) is 5.92 Å². The van der Waals surface area contributed by atoms with Gasteiger partial charge >= 0.3 is 0 Å². The highest BCUT2D eigenvalue weighted by Gasteiger charge is 2.15. The number of hydrogen-bond donors (Lipinski definition) is 0. The molecule has 1 aliphatic carbocycles. The first-order chi connectivity index (χ1) is 7.25. The van der Waals surface area contributed by atoms with Gasteiger partial charge in [0, 0.05) is 9.50 Å². The van der Waals surface area contributed by atoms with E-state index in [0.29, 0.717) is 0 Å². The van der Waals surface area contributed by atoms with Gasteiger partial charge in [0.25, 0.3) is 0 Å². The highest BCUT2D eigenvalue weighted by Crippen LogP contribution is 2.30. The van der Waals surface area contributed by atoms with Gasteiger partial charge in [-0.25, -0.2) is 0 Å². The first-order valence-electron chi connectivity index (χ1n) is 5.69. The fourth-order valence-electron chi connectivity index (χ4n) is 2.40. The highest BCUT2D eigenvalue weighted by molar-refractivity contribution is 9.10. The van der Waals surface area contributed by atoms with Crippen molar-refractivity contribution in [3.05, 3.63) is 33.3 Å². The molecule has 15 heavy (non-hydrogen) atoms. The monoisotopic (exact) mass is 286 g/mol. The molecule has 0 nitrogen and oxygen atoms in total. The van der Waals surface area contributed by atoms with Gasteiger partial charge in [-0.3, -0.25) is 0 Å². The molecule has 0 bridgehead atoms. The zero-order valence-electron chi connectivity index (χ0n) is 8.81. The van der Waals surface area contributed by atoms with E-state index in [4.69, 9.17) is 11.6 Å². The third-order valence-electron chi connectivity index (χ3n) is 3.24. The molecule has 0 radical (unpaired) electrons. The molecule has 82 valence electrons. The summed E-state index contributed by atoms with van der Waals surface area (Å²) >= 11 is 9.70. The molecular formula is C13H16BrCl. The van der Waals surface area contributed by atoms with Crippen LogP contribution in [0.5, 0.6) is 0 Å². The Bertz CT molecular complexity index is 329. The van der Waals surface area contributed by atoms with Gasteiger partial charge in [-0.1, -0.05) is 59.6 Å². The number of hydrogen-bond acceptors (Lipinski definition) is 0. The fraction of sp³-hybridized carbons (Fsp3) is 0.538. The van der Waals surface area contributed by atoms with Crippen LogP contribution in [-0.4, -0.2) is 0 Å². The van der Waals surface area contributed by atoms with Crippen molar-refractivity contribution >= 4 is 27.5 Å². The van der Waals surface area contributed by atoms with Crippen molar-refractivity contribution < 1.29 is 0 Å². The molecule has 2 rings (SSSR count). The third-order valence-corrected chi connectivity index (χ3v) is 4.10. The lowest BCUT2D eigenvalue weighted by molar-refractivity contribution is 0.356. The Balaban J connectivity index is 2.05. The molecular weight excluding hydrogens is 272 g/mol. The minimum atomic E-state index is 0.852. The summed E-state index contributed by atoms with van der Waals surface area (Å²) in [5, 5.41) is 0.920. The maximum absolute atomic E-state index is 6.19. The summed E-state index contributed by atoms with van der Waals surface area (Å²) in [7, 11) is 0. The third kappa shape index (κ3) is 3.22. The van der Waals surface area contributed by atoms with Crippen LogP contribution in [0.25, 0.3) is 0 Å². The molecule has 0 saturated heterocycles. The smallest absolute Gasteiger partial charge is 0.0438 e. The zero-order chi connectivity index (χ0) is 10.7. The van der Waals surface area contributed by atoms with Gasteiger partial charge in [0.2, 0.25) is 0 Å². The molecule has 0 aliphatic heterocycles. The minimum absolute atomic E-state index is 0.852. The second-order valence-corrected chi connectivity index (χ2v) is 5.77. The van der Waals surface area contributed by atoms with Crippen LogP contribution in [0.15, 0.2) is 22.7 Å². The lowest BCUT2D eigenvalue weighted by Crippen LogP contribution is -2.09. The molecule has 0 spiro atoms. The Morgan fingerprint density at radius 2 is 1.93 bits per heavy atom. The van der Waals surface area contributed by atoms with Crippen LogP contribution < -0.4 is 0 Å². The van der Waals surface area contributed by atoms with E-state index >= 15 is 0 Å². The van der Waals surface area contributed by atoms with Crippen LogP contribution >= 0.6 is 27.5 Å². The molecule has 2 heteroatoms. The number of benzene rings is 1. The van der Waals surface area contributed by atoms with Crippen molar-refractivity contribution in [2.75, 3.05) is 0 Å². The van der Waals surface area contributed by atoms with Crippen LogP contribution in [0, 0.1) is 5.92 Å². The molecule has 0 N–H and O–H groups in total. The Morgan fingerprint density at radius 1 is 1.20 bits per heavy atom. The van der Waals surface area contributed by atoms with Gasteiger partial charge < -0.3 is 0 Å². The fourth-order valence-corrected chi connectivity index (χ4v) is 3.01. The van der Waals surface area contributed by atoms with Gasteiger partial charge in [-0.05, 0) is 36.1 Å². The zero-order valence-corrected chi connectivity index (χ0v) is 11.1. The van der Waals surface area contributed by atoms with E-state index in [9.17, 15) is 0 Å². The van der Waals surface area contributed by atoms with Crippen molar-refractivity contribution in [3.63, 3.8) is 0 Å². The van der Waals surface area contributed by atoms with Gasteiger partial charge in [0.05, 0.1) is 0 Å². The van der Waals surface area contributed by atoms with Crippen LogP contribution in [0.2, 0.25) is 5.02 Å². The average molecular weight is 288 g/mol. The predicted molar refractivity (Wildman–Crippen MR) is 69.4 cm³/mol. The average Bonchev–Trinajstić information content (AvgIpc) is 2.25. The summed E-state index contributed by atoms with van der Waals surface area (Å²) in [6.45, 7) is 0. The molecule has 0 atom stereocenters. The quantitative estimate of drug-likeness (QED) is 0.699. The summed E-state index contributed by atoms with van der Waals surface area (Å²) in [5.74, 6) is 0.852. The van der Waals surface area contributed by atoms with Crippen molar-refractivity contribution in [1.82, 2.24) is 0 Å². The van der Waals surface area contributed by atoms with Gasteiger partial charge in [-0.15, -0.1) is 0 Å². The van der Waals surface area contributed by atoms with E-state index in [-0.39, 0.29) is 0 Å². The number of rotatable bonds is 2. The first kappa shape index (κ1) is 11.5. The molecule has 1 aromatic rings. The molecule has 0 heterocycles. The van der Waals surface area contributed by atoms with Crippen LogP contribution in [0.4, 0.5) is 0 Å². The lowest BCUT2D eigenvalue weighted by Gasteiger charge is -2.22. The standard InChI is InChI=1S/C13H16BrCl/c14-12-6-7-13(15)11(9-12)8-10-4-2-1-3-5-10/h6-7,9-10H,1-5,8H2. The predicted octanol–water partition coefficient (Wildman–Crippen LogP) is 5.23. The molecule has 1 aromatic carbocycles. The normalized spacial score (nSPS) is 18.0. The van der Waals surface area contributed by atoms with Gasteiger partial charge in [0.15, 0.2) is 0 Å². The SMILES string of the molecule is Clc1ccc(Br)cc1CC1CCCCC1. The molecule has 1 fully saturated rings. The minimum Gasteiger partial charge on any atom is -0.0840 e. The lowest BCUT2D eigenvalue weighted by atomic mass is 9.85. The summed E-state index contributed by atoms with van der Waals surface area (Å²) in [6.07, 6.45) is 8.12. The highest BCUT2D eigenvalue weighted by atomic mass is 79.9. The maximum Gasteiger partial charge on any atom is 0.0438 e. The Morgan fingerprint density at radius 3 is 2.67 bits per heavy atom. The van der Waals surface area contributed by atoms with Crippen LogP contribution in [0.3, 0.4) is 0 Å². The molecule has 0 aromatic heterocycles.